The first-order chi connectivity index (χ1) is 17.7. The van der Waals surface area contributed by atoms with E-state index in [-0.39, 0.29) is 22.9 Å². The summed E-state index contributed by atoms with van der Waals surface area (Å²) in [6, 6.07) is 14.3. The summed E-state index contributed by atoms with van der Waals surface area (Å²) in [7, 11) is 0. The van der Waals surface area contributed by atoms with E-state index >= 15 is 0 Å². The maximum Gasteiger partial charge on any atom is 0.340 e. The van der Waals surface area contributed by atoms with Crippen LogP contribution in [-0.2, 0) is 11.2 Å². The smallest absolute Gasteiger partial charge is 0.340 e. The van der Waals surface area contributed by atoms with Crippen LogP contribution >= 0.6 is 35.4 Å². The molecular weight excluding hydrogens is 538 g/mol. The van der Waals surface area contributed by atoms with Gasteiger partial charge in [-0.15, -0.1) is 0 Å². The van der Waals surface area contributed by atoms with E-state index in [1.807, 2.05) is 6.07 Å². The Morgan fingerprint density at radius 1 is 1.00 bits per heavy atom. The van der Waals surface area contributed by atoms with Crippen molar-refractivity contribution in [3.63, 3.8) is 0 Å². The third-order valence-corrected chi connectivity index (χ3v) is 6.49. The number of carbonyl (C=O) groups is 1. The zero-order valence-corrected chi connectivity index (χ0v) is 21.5. The van der Waals surface area contributed by atoms with Crippen LogP contribution in [0.4, 0.5) is 10.1 Å². The highest BCUT2D eigenvalue weighted by atomic mass is 35.5. The molecular formula is C27H17Cl2FN2O4S. The number of benzene rings is 3. The largest absolute Gasteiger partial charge is 0.464 e. The van der Waals surface area contributed by atoms with Crippen LogP contribution in [0.3, 0.4) is 0 Å². The molecule has 10 heteroatoms. The molecule has 0 unspecified atom stereocenters. The lowest BCUT2D eigenvalue weighted by molar-refractivity contribution is -0.119. The van der Waals surface area contributed by atoms with Crippen LogP contribution in [0.1, 0.15) is 11.1 Å². The summed E-state index contributed by atoms with van der Waals surface area (Å²) in [5, 5.41) is 7.63. The highest BCUT2D eigenvalue weighted by Gasteiger charge is 2.18. The van der Waals surface area contributed by atoms with Gasteiger partial charge in [0.25, 0.3) is 0 Å². The van der Waals surface area contributed by atoms with Crippen LogP contribution in [0.25, 0.3) is 33.1 Å². The van der Waals surface area contributed by atoms with Gasteiger partial charge in [-0.1, -0.05) is 35.3 Å². The number of fused-ring (bicyclic) bond motifs is 2. The molecule has 0 fully saturated rings. The standard InChI is InChI=1S/C27H17Cl2FN2O4S/c1-13-19-9-21-22(14-2-4-17(30)5-3-14)12-35-23(21)11-24(19)36-26(34)20(13)10-25(33)32-27(37)31-18-7-15(28)6-16(29)8-18/h2-9,11-12H,10H2,1H3,(H2,31,32,33,37). The average Bonchev–Trinajstić information content (AvgIpc) is 3.23. The van der Waals surface area contributed by atoms with E-state index < -0.39 is 11.5 Å². The van der Waals surface area contributed by atoms with Gasteiger partial charge >= 0.3 is 5.63 Å². The average molecular weight is 555 g/mol. The van der Waals surface area contributed by atoms with Gasteiger partial charge in [-0.2, -0.15) is 0 Å². The van der Waals surface area contributed by atoms with Crippen molar-refractivity contribution in [3.8, 4) is 11.1 Å². The van der Waals surface area contributed by atoms with Crippen molar-refractivity contribution in [2.75, 3.05) is 5.32 Å². The predicted molar refractivity (Wildman–Crippen MR) is 147 cm³/mol. The van der Waals surface area contributed by atoms with Crippen molar-refractivity contribution in [2.24, 2.45) is 0 Å². The van der Waals surface area contributed by atoms with Gasteiger partial charge in [0.1, 0.15) is 17.0 Å². The lowest BCUT2D eigenvalue weighted by atomic mass is 9.99. The number of hydrogen-bond donors (Lipinski definition) is 2. The number of anilines is 1. The zero-order valence-electron chi connectivity index (χ0n) is 19.2. The fourth-order valence-electron chi connectivity index (χ4n) is 4.09. The van der Waals surface area contributed by atoms with E-state index in [0.29, 0.717) is 37.8 Å². The van der Waals surface area contributed by atoms with Crippen LogP contribution < -0.4 is 16.3 Å². The van der Waals surface area contributed by atoms with Crippen LogP contribution in [0.15, 0.2) is 74.5 Å². The summed E-state index contributed by atoms with van der Waals surface area (Å²) >= 11 is 17.2. The second-order valence-corrected chi connectivity index (χ2v) is 9.61. The number of amides is 1. The highest BCUT2D eigenvalue weighted by Crippen LogP contribution is 2.34. The number of rotatable bonds is 4. The van der Waals surface area contributed by atoms with Crippen molar-refractivity contribution in [1.29, 1.82) is 0 Å². The summed E-state index contributed by atoms with van der Waals surface area (Å²) in [6.07, 6.45) is 1.32. The molecule has 1 amide bonds. The minimum Gasteiger partial charge on any atom is -0.464 e. The second kappa shape index (κ2) is 9.97. The third-order valence-electron chi connectivity index (χ3n) is 5.85. The minimum absolute atomic E-state index is 0.0233. The van der Waals surface area contributed by atoms with Gasteiger partial charge in [0, 0.05) is 38.1 Å². The molecule has 186 valence electrons. The number of carbonyl (C=O) groups excluding carboxylic acids is 1. The number of aryl methyl sites for hydroxylation is 1. The molecule has 0 aliphatic rings. The van der Waals surface area contributed by atoms with E-state index in [1.165, 1.54) is 12.1 Å². The first kappa shape index (κ1) is 25.0. The molecule has 5 aromatic rings. The van der Waals surface area contributed by atoms with Gasteiger partial charge < -0.3 is 19.5 Å². The normalized spacial score (nSPS) is 11.1. The van der Waals surface area contributed by atoms with Gasteiger partial charge in [-0.05, 0) is 66.7 Å². The van der Waals surface area contributed by atoms with Crippen LogP contribution in [0.2, 0.25) is 10.0 Å². The fourth-order valence-corrected chi connectivity index (χ4v) is 4.84. The molecule has 2 heterocycles. The molecule has 6 nitrogen and oxygen atoms in total. The van der Waals surface area contributed by atoms with E-state index in [0.717, 1.165) is 16.5 Å². The SMILES string of the molecule is Cc1c(CC(=O)NC(=S)Nc2cc(Cl)cc(Cl)c2)c(=O)oc2cc3occ(-c4ccc(F)cc4)c3cc12. The number of nitrogens with one attached hydrogen (secondary N) is 2. The Hall–Kier alpha value is -3.72. The molecule has 0 radical (unpaired) electrons. The Morgan fingerprint density at radius 3 is 2.41 bits per heavy atom. The molecule has 2 aromatic heterocycles. The van der Waals surface area contributed by atoms with E-state index in [1.54, 1.807) is 49.6 Å². The molecule has 37 heavy (non-hydrogen) atoms. The maximum absolute atomic E-state index is 13.4. The van der Waals surface area contributed by atoms with E-state index in [2.05, 4.69) is 10.6 Å². The van der Waals surface area contributed by atoms with Crippen LogP contribution in [0.5, 0.6) is 0 Å². The van der Waals surface area contributed by atoms with Crippen molar-refractivity contribution in [2.45, 2.75) is 13.3 Å². The lowest BCUT2D eigenvalue weighted by Crippen LogP contribution is -2.36. The van der Waals surface area contributed by atoms with E-state index in [9.17, 15) is 14.0 Å². The summed E-state index contributed by atoms with van der Waals surface area (Å²) in [5.74, 6) is -0.842. The molecule has 0 bridgehead atoms. The molecule has 0 atom stereocenters. The first-order valence-electron chi connectivity index (χ1n) is 11.0. The Balaban J connectivity index is 1.43. The first-order valence-corrected chi connectivity index (χ1v) is 12.1. The van der Waals surface area contributed by atoms with Gasteiger partial charge in [0.15, 0.2) is 5.11 Å². The highest BCUT2D eigenvalue weighted by molar-refractivity contribution is 7.80. The molecule has 5 rings (SSSR count). The quantitative estimate of drug-likeness (QED) is 0.183. The molecule has 0 saturated heterocycles. The fraction of sp³-hybridized carbons (Fsp3) is 0.0741. The topological polar surface area (TPSA) is 84.5 Å². The Labute approximate surface area is 225 Å². The number of furan rings is 1. The zero-order chi connectivity index (χ0) is 26.3. The number of thiocarbonyl (C=S) groups is 1. The minimum atomic E-state index is -0.634. The monoisotopic (exact) mass is 554 g/mol. The predicted octanol–water partition coefficient (Wildman–Crippen LogP) is 7.02. The molecule has 0 aliphatic carbocycles. The van der Waals surface area contributed by atoms with Crippen LogP contribution in [-0.4, -0.2) is 11.0 Å². The Kier molecular flexibility index (Phi) is 6.72. The number of hydrogen-bond acceptors (Lipinski definition) is 5. The van der Waals surface area contributed by atoms with Crippen LogP contribution in [0, 0.1) is 12.7 Å². The maximum atomic E-state index is 13.4. The Bertz CT molecular complexity index is 1740. The van der Waals surface area contributed by atoms with Crippen molar-refractivity contribution in [1.82, 2.24) is 5.32 Å². The van der Waals surface area contributed by atoms with Gasteiger partial charge in [-0.25, -0.2) is 9.18 Å². The Morgan fingerprint density at radius 2 is 1.70 bits per heavy atom. The van der Waals surface area contributed by atoms with Crippen molar-refractivity contribution < 1.29 is 18.0 Å². The molecule has 2 N–H and O–H groups in total. The lowest BCUT2D eigenvalue weighted by Gasteiger charge is -2.11. The third kappa shape index (κ3) is 5.22. The summed E-state index contributed by atoms with van der Waals surface area (Å²) in [5.41, 5.74) is 3.04. The molecule has 0 saturated carbocycles. The number of halogens is 3. The van der Waals surface area contributed by atoms with Gasteiger partial charge in [0.05, 0.1) is 18.2 Å². The molecule has 0 spiro atoms. The van der Waals surface area contributed by atoms with Gasteiger partial charge in [0.2, 0.25) is 5.91 Å². The van der Waals surface area contributed by atoms with Crippen molar-refractivity contribution in [3.05, 3.63) is 98.3 Å². The van der Waals surface area contributed by atoms with Crippen molar-refractivity contribution >= 4 is 74.1 Å². The molecule has 0 aliphatic heterocycles. The second-order valence-electron chi connectivity index (χ2n) is 8.33. The summed E-state index contributed by atoms with van der Waals surface area (Å²) < 4.78 is 24.6. The summed E-state index contributed by atoms with van der Waals surface area (Å²) in [6.45, 7) is 1.75. The molecule has 3 aromatic carbocycles. The van der Waals surface area contributed by atoms with Gasteiger partial charge in [-0.3, -0.25) is 4.79 Å². The van der Waals surface area contributed by atoms with E-state index in [4.69, 9.17) is 44.3 Å². The summed E-state index contributed by atoms with van der Waals surface area (Å²) in [4.78, 5) is 25.5.